The molecule has 0 aliphatic carbocycles. The smallest absolute Gasteiger partial charge is 0.240 e. The van der Waals surface area contributed by atoms with Crippen molar-refractivity contribution in [3.63, 3.8) is 0 Å². The van der Waals surface area contributed by atoms with E-state index in [0.717, 1.165) is 18.1 Å². The van der Waals surface area contributed by atoms with Crippen molar-refractivity contribution in [3.8, 4) is 0 Å². The molecule has 24 heavy (non-hydrogen) atoms. The first-order valence-corrected chi connectivity index (χ1v) is 9.35. The van der Waals surface area contributed by atoms with Gasteiger partial charge in [-0.25, -0.2) is 18.1 Å². The first-order chi connectivity index (χ1) is 10.8. The van der Waals surface area contributed by atoms with Crippen molar-refractivity contribution in [1.29, 1.82) is 0 Å². The molecule has 0 saturated heterocycles. The van der Waals surface area contributed by atoms with Crippen molar-refractivity contribution in [2.45, 2.75) is 45.2 Å². The van der Waals surface area contributed by atoms with Crippen LogP contribution in [0.5, 0.6) is 0 Å². The molecule has 0 aromatic heterocycles. The topological polar surface area (TPSA) is 82.6 Å². The number of halogens is 1. The second kappa shape index (κ2) is 10.9. The van der Waals surface area contributed by atoms with E-state index in [4.69, 9.17) is 0 Å². The maximum absolute atomic E-state index is 11.7. The molecule has 3 N–H and O–H groups in total. The number of benzene rings is 1. The summed E-state index contributed by atoms with van der Waals surface area (Å²) >= 11 is 0. The molecule has 1 aromatic carbocycles. The summed E-state index contributed by atoms with van der Waals surface area (Å²) in [6.07, 6.45) is 0. The van der Waals surface area contributed by atoms with E-state index in [1.807, 2.05) is 6.92 Å². The lowest BCUT2D eigenvalue weighted by molar-refractivity contribution is 0.481. The number of hydrogen-bond acceptors (Lipinski definition) is 3. The Morgan fingerprint density at radius 3 is 2.21 bits per heavy atom. The van der Waals surface area contributed by atoms with Crippen LogP contribution in [0.3, 0.4) is 0 Å². The number of aliphatic imine (C=N–C) groups is 1. The third kappa shape index (κ3) is 7.35. The van der Waals surface area contributed by atoms with Gasteiger partial charge in [-0.15, -0.1) is 24.0 Å². The number of sulfonamides is 1. The molecule has 0 fully saturated rings. The Hall–Kier alpha value is -0.870. The minimum atomic E-state index is -3.39. The van der Waals surface area contributed by atoms with Crippen LogP contribution in [-0.4, -0.2) is 34.0 Å². The fraction of sp³-hybridized carbons (Fsp3) is 0.562. The molecule has 0 radical (unpaired) electrons. The lowest BCUT2D eigenvalue weighted by atomic mass is 10.1. The van der Waals surface area contributed by atoms with Gasteiger partial charge in [0, 0.05) is 12.6 Å². The minimum Gasteiger partial charge on any atom is -0.357 e. The van der Waals surface area contributed by atoms with Crippen molar-refractivity contribution in [3.05, 3.63) is 29.8 Å². The highest BCUT2D eigenvalue weighted by molar-refractivity contribution is 14.0. The van der Waals surface area contributed by atoms with Crippen molar-refractivity contribution in [2.75, 3.05) is 13.6 Å². The number of nitrogens with one attached hydrogen (secondary N) is 3. The normalized spacial score (nSPS) is 13.3. The van der Waals surface area contributed by atoms with Gasteiger partial charge in [0.25, 0.3) is 0 Å². The summed E-state index contributed by atoms with van der Waals surface area (Å²) in [5, 5.41) is 6.58. The van der Waals surface area contributed by atoms with Crippen LogP contribution in [0.15, 0.2) is 34.2 Å². The summed E-state index contributed by atoms with van der Waals surface area (Å²) in [7, 11) is -1.99. The molecule has 0 amide bonds. The second-order valence-corrected chi connectivity index (χ2v) is 7.61. The van der Waals surface area contributed by atoms with E-state index in [1.54, 1.807) is 24.3 Å². The van der Waals surface area contributed by atoms with Gasteiger partial charge in [-0.3, -0.25) is 0 Å². The van der Waals surface area contributed by atoms with Gasteiger partial charge < -0.3 is 10.6 Å². The molecule has 0 saturated carbocycles. The minimum absolute atomic E-state index is 0. The van der Waals surface area contributed by atoms with Crippen LogP contribution in [0.2, 0.25) is 0 Å². The zero-order valence-corrected chi connectivity index (χ0v) is 18.1. The number of rotatable bonds is 7. The summed E-state index contributed by atoms with van der Waals surface area (Å²) in [6, 6.07) is 7.06. The SMILES string of the molecule is CCNC(=NCc1ccc(S(=O)(=O)NC)cc1)NC(C)C(C)C.I. The van der Waals surface area contributed by atoms with E-state index in [9.17, 15) is 8.42 Å². The van der Waals surface area contributed by atoms with Crippen molar-refractivity contribution in [2.24, 2.45) is 10.9 Å². The fourth-order valence-electron chi connectivity index (χ4n) is 1.76. The predicted molar refractivity (Wildman–Crippen MR) is 110 cm³/mol. The van der Waals surface area contributed by atoms with Crippen LogP contribution in [0.25, 0.3) is 0 Å². The quantitative estimate of drug-likeness (QED) is 0.326. The average Bonchev–Trinajstić information content (AvgIpc) is 2.53. The Bertz CT molecular complexity index is 615. The molecule has 8 heteroatoms. The molecule has 6 nitrogen and oxygen atoms in total. The zero-order valence-electron chi connectivity index (χ0n) is 15.0. The Morgan fingerprint density at radius 2 is 1.75 bits per heavy atom. The molecule has 1 unspecified atom stereocenters. The Balaban J connectivity index is 0.00000529. The zero-order chi connectivity index (χ0) is 17.5. The van der Waals surface area contributed by atoms with Crippen LogP contribution in [0.4, 0.5) is 0 Å². The molecule has 0 aliphatic rings. The first kappa shape index (κ1) is 23.1. The monoisotopic (exact) mass is 468 g/mol. The van der Waals surface area contributed by atoms with E-state index < -0.39 is 10.0 Å². The summed E-state index contributed by atoms with van der Waals surface area (Å²) in [4.78, 5) is 4.80. The van der Waals surface area contributed by atoms with Gasteiger partial charge in [-0.1, -0.05) is 26.0 Å². The second-order valence-electron chi connectivity index (χ2n) is 5.72. The summed E-state index contributed by atoms with van der Waals surface area (Å²) in [5.74, 6) is 1.27. The number of guanidine groups is 1. The van der Waals surface area contributed by atoms with Crippen molar-refractivity contribution >= 4 is 40.0 Å². The lowest BCUT2D eigenvalue weighted by Crippen LogP contribution is -2.44. The number of hydrogen-bond donors (Lipinski definition) is 3. The average molecular weight is 468 g/mol. The lowest BCUT2D eigenvalue weighted by Gasteiger charge is -2.20. The number of nitrogens with zero attached hydrogens (tertiary/aromatic N) is 1. The van der Waals surface area contributed by atoms with Gasteiger partial charge >= 0.3 is 0 Å². The van der Waals surface area contributed by atoms with Gasteiger partial charge in [0.1, 0.15) is 0 Å². The standard InChI is InChI=1S/C16H28N4O2S.HI/c1-6-18-16(20-13(4)12(2)3)19-11-14-7-9-15(10-8-14)23(21,22)17-5;/h7-10,12-13,17H,6,11H2,1-5H3,(H2,18,19,20);1H. The molecule has 1 rings (SSSR count). The maximum atomic E-state index is 11.7. The highest BCUT2D eigenvalue weighted by atomic mass is 127. The summed E-state index contributed by atoms with van der Waals surface area (Å²) in [6.45, 7) is 9.73. The van der Waals surface area contributed by atoms with Crippen molar-refractivity contribution in [1.82, 2.24) is 15.4 Å². The van der Waals surface area contributed by atoms with E-state index in [0.29, 0.717) is 18.5 Å². The Morgan fingerprint density at radius 1 is 1.17 bits per heavy atom. The van der Waals surface area contributed by atoms with Crippen LogP contribution in [0, 0.1) is 5.92 Å². The van der Waals surface area contributed by atoms with Crippen molar-refractivity contribution < 1.29 is 8.42 Å². The molecule has 0 heterocycles. The molecule has 0 spiro atoms. The first-order valence-electron chi connectivity index (χ1n) is 7.87. The maximum Gasteiger partial charge on any atom is 0.240 e. The summed E-state index contributed by atoms with van der Waals surface area (Å²) < 4.78 is 25.7. The molecular formula is C16H29IN4O2S. The molecule has 1 atom stereocenters. The van der Waals surface area contributed by atoms with Crippen LogP contribution >= 0.6 is 24.0 Å². The van der Waals surface area contributed by atoms with Crippen LogP contribution in [0.1, 0.15) is 33.3 Å². The molecular weight excluding hydrogens is 439 g/mol. The fourth-order valence-corrected chi connectivity index (χ4v) is 2.49. The van der Waals surface area contributed by atoms with Gasteiger partial charge in [-0.2, -0.15) is 0 Å². The predicted octanol–water partition coefficient (Wildman–Crippen LogP) is 2.31. The van der Waals surface area contributed by atoms with E-state index in [1.165, 1.54) is 7.05 Å². The van der Waals surface area contributed by atoms with Gasteiger partial charge in [0.05, 0.1) is 11.4 Å². The molecule has 0 bridgehead atoms. The van der Waals surface area contributed by atoms with Crippen LogP contribution < -0.4 is 15.4 Å². The van der Waals surface area contributed by atoms with Gasteiger partial charge in [0.15, 0.2) is 5.96 Å². The van der Waals surface area contributed by atoms with Gasteiger partial charge in [0.2, 0.25) is 10.0 Å². The third-order valence-corrected chi connectivity index (χ3v) is 5.06. The Kier molecular flexibility index (Phi) is 10.5. The largest absolute Gasteiger partial charge is 0.357 e. The summed E-state index contributed by atoms with van der Waals surface area (Å²) in [5.41, 5.74) is 0.953. The highest BCUT2D eigenvalue weighted by Crippen LogP contribution is 2.11. The highest BCUT2D eigenvalue weighted by Gasteiger charge is 2.11. The third-order valence-electron chi connectivity index (χ3n) is 3.63. The van der Waals surface area contributed by atoms with E-state index in [-0.39, 0.29) is 28.9 Å². The van der Waals surface area contributed by atoms with E-state index >= 15 is 0 Å². The molecule has 1 aromatic rings. The Labute approximate surface area is 163 Å². The molecule has 0 aliphatic heterocycles. The molecule has 138 valence electrons. The van der Waals surface area contributed by atoms with E-state index in [2.05, 4.69) is 41.1 Å². The van der Waals surface area contributed by atoms with Crippen LogP contribution in [-0.2, 0) is 16.6 Å². The van der Waals surface area contributed by atoms with Gasteiger partial charge in [-0.05, 0) is 44.5 Å².